The van der Waals surface area contributed by atoms with E-state index in [2.05, 4.69) is 10.3 Å². The van der Waals surface area contributed by atoms with E-state index in [4.69, 9.17) is 17.3 Å². The molecule has 0 aliphatic rings. The molecular formula is C9H9ClN4. The van der Waals surface area contributed by atoms with E-state index in [-0.39, 0.29) is 0 Å². The van der Waals surface area contributed by atoms with Crippen LogP contribution in [-0.2, 0) is 0 Å². The van der Waals surface area contributed by atoms with Gasteiger partial charge < -0.3 is 5.73 Å². The van der Waals surface area contributed by atoms with Gasteiger partial charge in [-0.3, -0.25) is 0 Å². The summed E-state index contributed by atoms with van der Waals surface area (Å²) >= 11 is 5.86. The van der Waals surface area contributed by atoms with E-state index >= 15 is 0 Å². The molecule has 1 heterocycles. The third-order valence-electron chi connectivity index (χ3n) is 1.98. The molecular weight excluding hydrogens is 200 g/mol. The van der Waals surface area contributed by atoms with Crippen LogP contribution in [0.5, 0.6) is 0 Å². The maximum absolute atomic E-state index is 5.86. The van der Waals surface area contributed by atoms with Crippen LogP contribution in [0.15, 0.2) is 24.3 Å². The lowest BCUT2D eigenvalue weighted by Gasteiger charge is -2.02. The number of hydrogen-bond donors (Lipinski definition) is 1. The zero-order chi connectivity index (χ0) is 10.1. The van der Waals surface area contributed by atoms with E-state index in [0.29, 0.717) is 10.8 Å². The monoisotopic (exact) mass is 208 g/mol. The SMILES string of the molecule is Cc1c(N)nnn1-c1cccc(Cl)c1. The predicted octanol–water partition coefficient (Wildman–Crippen LogP) is 1.81. The summed E-state index contributed by atoms with van der Waals surface area (Å²) in [6, 6.07) is 7.37. The Labute approximate surface area is 86.3 Å². The fourth-order valence-electron chi connectivity index (χ4n) is 1.19. The fraction of sp³-hybridized carbons (Fsp3) is 0.111. The predicted molar refractivity (Wildman–Crippen MR) is 55.5 cm³/mol. The molecule has 0 spiro atoms. The van der Waals surface area contributed by atoms with Gasteiger partial charge in [-0.25, -0.2) is 4.68 Å². The van der Waals surface area contributed by atoms with Crippen molar-refractivity contribution < 1.29 is 0 Å². The number of hydrogen-bond acceptors (Lipinski definition) is 3. The van der Waals surface area contributed by atoms with Gasteiger partial charge in [0, 0.05) is 5.02 Å². The molecule has 0 fully saturated rings. The number of benzene rings is 1. The molecule has 0 aliphatic heterocycles. The van der Waals surface area contributed by atoms with Crippen molar-refractivity contribution >= 4 is 17.4 Å². The van der Waals surface area contributed by atoms with E-state index < -0.39 is 0 Å². The average Bonchev–Trinajstić information content (AvgIpc) is 2.48. The average molecular weight is 209 g/mol. The zero-order valence-electron chi connectivity index (χ0n) is 7.61. The molecule has 5 heteroatoms. The first-order valence-corrected chi connectivity index (χ1v) is 4.50. The van der Waals surface area contributed by atoms with Gasteiger partial charge in [-0.05, 0) is 25.1 Å². The Kier molecular flexibility index (Phi) is 2.13. The van der Waals surface area contributed by atoms with Gasteiger partial charge in [-0.2, -0.15) is 0 Å². The number of nitrogens with two attached hydrogens (primary N) is 1. The molecule has 1 aromatic carbocycles. The Morgan fingerprint density at radius 2 is 2.21 bits per heavy atom. The molecule has 0 aliphatic carbocycles. The highest BCUT2D eigenvalue weighted by Gasteiger charge is 2.06. The van der Waals surface area contributed by atoms with Gasteiger partial charge in [0.25, 0.3) is 0 Å². The third kappa shape index (κ3) is 1.44. The highest BCUT2D eigenvalue weighted by Crippen LogP contribution is 2.16. The first-order valence-electron chi connectivity index (χ1n) is 4.12. The number of aromatic nitrogens is 3. The second-order valence-corrected chi connectivity index (χ2v) is 3.39. The third-order valence-corrected chi connectivity index (χ3v) is 2.22. The van der Waals surface area contributed by atoms with E-state index in [1.807, 2.05) is 25.1 Å². The topological polar surface area (TPSA) is 56.7 Å². The number of nitrogen functional groups attached to an aromatic ring is 1. The Balaban J connectivity index is 2.55. The summed E-state index contributed by atoms with van der Waals surface area (Å²) in [7, 11) is 0. The van der Waals surface area contributed by atoms with Crippen LogP contribution in [0, 0.1) is 6.92 Å². The molecule has 0 saturated carbocycles. The van der Waals surface area contributed by atoms with Gasteiger partial charge >= 0.3 is 0 Å². The Morgan fingerprint density at radius 1 is 1.43 bits per heavy atom. The molecule has 14 heavy (non-hydrogen) atoms. The number of rotatable bonds is 1. The summed E-state index contributed by atoms with van der Waals surface area (Å²) in [5.74, 6) is 0.435. The van der Waals surface area contributed by atoms with Gasteiger partial charge in [-0.15, -0.1) is 5.10 Å². The van der Waals surface area contributed by atoms with Crippen LogP contribution in [0.1, 0.15) is 5.69 Å². The van der Waals surface area contributed by atoms with Crippen molar-refractivity contribution in [3.05, 3.63) is 35.0 Å². The summed E-state index contributed by atoms with van der Waals surface area (Å²) in [6.45, 7) is 1.86. The lowest BCUT2D eigenvalue weighted by Crippen LogP contribution is -1.99. The van der Waals surface area contributed by atoms with Crippen LogP contribution in [0.4, 0.5) is 5.82 Å². The molecule has 2 rings (SSSR count). The van der Waals surface area contributed by atoms with Crippen LogP contribution in [0.3, 0.4) is 0 Å². The molecule has 72 valence electrons. The fourth-order valence-corrected chi connectivity index (χ4v) is 1.38. The molecule has 4 nitrogen and oxygen atoms in total. The molecule has 0 bridgehead atoms. The summed E-state index contributed by atoms with van der Waals surface area (Å²) in [5.41, 5.74) is 7.26. The lowest BCUT2D eigenvalue weighted by atomic mass is 10.3. The Bertz CT molecular complexity index is 464. The van der Waals surface area contributed by atoms with Crippen LogP contribution < -0.4 is 5.73 Å². The van der Waals surface area contributed by atoms with Crippen molar-refractivity contribution in [2.24, 2.45) is 0 Å². The molecule has 0 unspecified atom stereocenters. The van der Waals surface area contributed by atoms with Crippen LogP contribution >= 0.6 is 11.6 Å². The molecule has 2 aromatic rings. The smallest absolute Gasteiger partial charge is 0.169 e. The highest BCUT2D eigenvalue weighted by molar-refractivity contribution is 6.30. The maximum atomic E-state index is 5.86. The minimum Gasteiger partial charge on any atom is -0.381 e. The van der Waals surface area contributed by atoms with E-state index in [0.717, 1.165) is 11.4 Å². The normalized spacial score (nSPS) is 10.4. The summed E-state index contributed by atoms with van der Waals surface area (Å²) < 4.78 is 1.65. The first-order chi connectivity index (χ1) is 6.68. The second kappa shape index (κ2) is 3.31. The van der Waals surface area contributed by atoms with E-state index in [1.54, 1.807) is 10.7 Å². The summed E-state index contributed by atoms with van der Waals surface area (Å²) in [6.07, 6.45) is 0. The van der Waals surface area contributed by atoms with Crippen LogP contribution in [0.25, 0.3) is 5.69 Å². The molecule has 1 aromatic heterocycles. The molecule has 0 amide bonds. The second-order valence-electron chi connectivity index (χ2n) is 2.95. The molecule has 0 atom stereocenters. The maximum Gasteiger partial charge on any atom is 0.169 e. The minimum atomic E-state index is 0.435. The van der Waals surface area contributed by atoms with Crippen molar-refractivity contribution in [2.45, 2.75) is 6.92 Å². The summed E-state index contributed by atoms with van der Waals surface area (Å²) in [4.78, 5) is 0. The van der Waals surface area contributed by atoms with Crippen LogP contribution in [-0.4, -0.2) is 15.0 Å². The lowest BCUT2D eigenvalue weighted by molar-refractivity contribution is 0.785. The van der Waals surface area contributed by atoms with Gasteiger partial charge in [0.15, 0.2) is 5.82 Å². The Morgan fingerprint density at radius 3 is 2.79 bits per heavy atom. The van der Waals surface area contributed by atoms with Gasteiger partial charge in [0.05, 0.1) is 11.4 Å². The van der Waals surface area contributed by atoms with E-state index in [9.17, 15) is 0 Å². The van der Waals surface area contributed by atoms with Crippen LogP contribution in [0.2, 0.25) is 5.02 Å². The quantitative estimate of drug-likeness (QED) is 0.778. The van der Waals surface area contributed by atoms with Crippen molar-refractivity contribution in [3.63, 3.8) is 0 Å². The molecule has 0 saturated heterocycles. The largest absolute Gasteiger partial charge is 0.381 e. The highest BCUT2D eigenvalue weighted by atomic mass is 35.5. The first kappa shape index (κ1) is 9.02. The van der Waals surface area contributed by atoms with Crippen molar-refractivity contribution in [1.29, 1.82) is 0 Å². The Hall–Kier alpha value is -1.55. The molecule has 0 radical (unpaired) electrons. The summed E-state index contributed by atoms with van der Waals surface area (Å²) in [5, 5.41) is 8.34. The van der Waals surface area contributed by atoms with Crippen molar-refractivity contribution in [1.82, 2.24) is 15.0 Å². The van der Waals surface area contributed by atoms with Crippen molar-refractivity contribution in [3.8, 4) is 5.69 Å². The van der Waals surface area contributed by atoms with Gasteiger partial charge in [0.2, 0.25) is 0 Å². The van der Waals surface area contributed by atoms with Gasteiger partial charge in [0.1, 0.15) is 0 Å². The number of nitrogens with zero attached hydrogens (tertiary/aromatic N) is 3. The van der Waals surface area contributed by atoms with E-state index in [1.165, 1.54) is 0 Å². The number of halogens is 1. The zero-order valence-corrected chi connectivity index (χ0v) is 8.36. The van der Waals surface area contributed by atoms with Gasteiger partial charge in [-0.1, -0.05) is 22.9 Å². The molecule has 2 N–H and O–H groups in total. The standard InChI is InChI=1S/C9H9ClN4/c1-6-9(11)12-13-14(6)8-4-2-3-7(10)5-8/h2-5H,11H2,1H3. The number of anilines is 1. The van der Waals surface area contributed by atoms with Crippen molar-refractivity contribution in [2.75, 3.05) is 5.73 Å². The minimum absolute atomic E-state index is 0.435.